The van der Waals surface area contributed by atoms with Crippen molar-refractivity contribution in [1.29, 1.82) is 0 Å². The van der Waals surface area contributed by atoms with Crippen molar-refractivity contribution in [2.24, 2.45) is 0 Å². The Bertz CT molecular complexity index is 248. The van der Waals surface area contributed by atoms with Crippen LogP contribution >= 0.6 is 0 Å². The van der Waals surface area contributed by atoms with Gasteiger partial charge >= 0.3 is 0 Å². The van der Waals surface area contributed by atoms with Crippen LogP contribution in [-0.2, 0) is 14.6 Å². The molecule has 0 amide bonds. The van der Waals surface area contributed by atoms with Crippen molar-refractivity contribution in [3.05, 3.63) is 0 Å². The average Bonchev–Trinajstić information content (AvgIpc) is 2.02. The van der Waals surface area contributed by atoms with Gasteiger partial charge in [-0.2, -0.15) is 0 Å². The van der Waals surface area contributed by atoms with Crippen LogP contribution < -0.4 is 0 Å². The van der Waals surface area contributed by atoms with Crippen molar-refractivity contribution in [3.63, 3.8) is 0 Å². The first-order valence-corrected chi connectivity index (χ1v) is 6.78. The second-order valence-corrected chi connectivity index (χ2v) is 6.00. The van der Waals surface area contributed by atoms with Crippen LogP contribution in [0.25, 0.3) is 0 Å². The zero-order valence-corrected chi connectivity index (χ0v) is 9.93. The molecule has 0 radical (unpaired) electrons. The molecule has 0 saturated heterocycles. The second-order valence-electron chi connectivity index (χ2n) is 3.74. The maximum Gasteiger partial charge on any atom is 0.147 e. The summed E-state index contributed by atoms with van der Waals surface area (Å²) in [5.74, 6) is 0.124. The van der Waals surface area contributed by atoms with Gasteiger partial charge in [-0.3, -0.25) is 0 Å². The molecule has 0 heterocycles. The lowest BCUT2D eigenvalue weighted by Gasteiger charge is -2.25. The molecule has 0 saturated carbocycles. The van der Waals surface area contributed by atoms with E-state index in [9.17, 15) is 13.5 Å². The lowest BCUT2D eigenvalue weighted by molar-refractivity contribution is -0.0399. The molecule has 5 heteroatoms. The fraction of sp³-hybridized carbons (Fsp3) is 1.00. The Labute approximate surface area is 86.2 Å². The highest BCUT2D eigenvalue weighted by atomic mass is 32.2. The van der Waals surface area contributed by atoms with Gasteiger partial charge in [-0.1, -0.05) is 6.92 Å². The monoisotopic (exact) mass is 224 g/mol. The van der Waals surface area contributed by atoms with E-state index in [0.29, 0.717) is 19.3 Å². The molecule has 0 rings (SSSR count). The summed E-state index contributed by atoms with van der Waals surface area (Å²) in [5.41, 5.74) is -0.876. The summed E-state index contributed by atoms with van der Waals surface area (Å²) < 4.78 is 26.6. The molecule has 4 nitrogen and oxygen atoms in total. The molecule has 0 aliphatic carbocycles. The molecule has 0 fully saturated rings. The number of hydrogen-bond donors (Lipinski definition) is 1. The Morgan fingerprint density at radius 2 is 2.00 bits per heavy atom. The van der Waals surface area contributed by atoms with E-state index in [1.165, 1.54) is 13.4 Å². The van der Waals surface area contributed by atoms with E-state index >= 15 is 0 Å². The first-order chi connectivity index (χ1) is 6.33. The molecular formula is C9H20O4S. The average molecular weight is 224 g/mol. The normalized spacial score (nSPS) is 16.6. The highest BCUT2D eigenvalue weighted by Crippen LogP contribution is 2.17. The van der Waals surface area contributed by atoms with E-state index < -0.39 is 15.4 Å². The highest BCUT2D eigenvalue weighted by molar-refractivity contribution is 7.90. The van der Waals surface area contributed by atoms with Gasteiger partial charge < -0.3 is 9.84 Å². The number of rotatable bonds is 7. The minimum absolute atomic E-state index is 0.124. The molecule has 0 aliphatic heterocycles. The summed E-state index contributed by atoms with van der Waals surface area (Å²) in [4.78, 5) is 0. The SMILES string of the molecule is CCC(O)(CCCS(C)(=O)=O)COC. The van der Waals surface area contributed by atoms with Gasteiger partial charge in [0.2, 0.25) is 0 Å². The van der Waals surface area contributed by atoms with Crippen molar-refractivity contribution in [3.8, 4) is 0 Å². The molecule has 0 aromatic carbocycles. The van der Waals surface area contributed by atoms with E-state index in [0.717, 1.165) is 0 Å². The van der Waals surface area contributed by atoms with Crippen molar-refractivity contribution in [2.75, 3.05) is 25.7 Å². The van der Waals surface area contributed by atoms with E-state index in [-0.39, 0.29) is 12.4 Å². The quantitative estimate of drug-likeness (QED) is 0.688. The molecule has 14 heavy (non-hydrogen) atoms. The first-order valence-electron chi connectivity index (χ1n) is 4.72. The summed E-state index contributed by atoms with van der Waals surface area (Å²) in [6, 6.07) is 0. The van der Waals surface area contributed by atoms with Gasteiger partial charge in [-0.25, -0.2) is 8.42 Å². The molecule has 0 aromatic rings. The second kappa shape index (κ2) is 5.68. The lowest BCUT2D eigenvalue weighted by Crippen LogP contribution is -2.33. The fourth-order valence-corrected chi connectivity index (χ4v) is 1.95. The molecular weight excluding hydrogens is 204 g/mol. The lowest BCUT2D eigenvalue weighted by atomic mass is 9.96. The highest BCUT2D eigenvalue weighted by Gasteiger charge is 2.24. The molecule has 0 aliphatic rings. The van der Waals surface area contributed by atoms with Gasteiger partial charge in [0.15, 0.2) is 0 Å². The van der Waals surface area contributed by atoms with Gasteiger partial charge in [0.1, 0.15) is 9.84 Å². The van der Waals surface area contributed by atoms with Crippen molar-refractivity contribution < 1.29 is 18.3 Å². The van der Waals surface area contributed by atoms with E-state index in [1.54, 1.807) is 0 Å². The Balaban J connectivity index is 3.96. The van der Waals surface area contributed by atoms with Gasteiger partial charge in [0.25, 0.3) is 0 Å². The summed E-state index contributed by atoms with van der Waals surface area (Å²) >= 11 is 0. The molecule has 1 atom stereocenters. The van der Waals surface area contributed by atoms with Gasteiger partial charge in [-0.05, 0) is 19.3 Å². The summed E-state index contributed by atoms with van der Waals surface area (Å²) in [6.45, 7) is 2.12. The van der Waals surface area contributed by atoms with Crippen LogP contribution in [0.1, 0.15) is 26.2 Å². The van der Waals surface area contributed by atoms with Crippen LogP contribution in [0.2, 0.25) is 0 Å². The Morgan fingerprint density at radius 1 is 1.43 bits per heavy atom. The minimum Gasteiger partial charge on any atom is -0.387 e. The third-order valence-corrected chi connectivity index (χ3v) is 3.26. The van der Waals surface area contributed by atoms with E-state index in [2.05, 4.69) is 0 Å². The third kappa shape index (κ3) is 6.34. The summed E-state index contributed by atoms with van der Waals surface area (Å²) in [6.07, 6.45) is 2.72. The summed E-state index contributed by atoms with van der Waals surface area (Å²) in [5, 5.41) is 9.90. The Morgan fingerprint density at radius 3 is 2.36 bits per heavy atom. The molecule has 0 aromatic heterocycles. The number of hydrogen-bond acceptors (Lipinski definition) is 4. The summed E-state index contributed by atoms with van der Waals surface area (Å²) in [7, 11) is -1.40. The van der Waals surface area contributed by atoms with E-state index in [1.807, 2.05) is 6.92 Å². The minimum atomic E-state index is -2.92. The fourth-order valence-electron chi connectivity index (χ4n) is 1.28. The zero-order valence-electron chi connectivity index (χ0n) is 9.12. The Hall–Kier alpha value is -0.130. The third-order valence-electron chi connectivity index (χ3n) is 2.23. The Kier molecular flexibility index (Phi) is 5.63. The van der Waals surface area contributed by atoms with Gasteiger partial charge in [0.05, 0.1) is 12.2 Å². The maximum atomic E-state index is 10.9. The van der Waals surface area contributed by atoms with E-state index in [4.69, 9.17) is 4.74 Å². The number of sulfone groups is 1. The zero-order chi connectivity index (χ0) is 11.2. The molecule has 1 N–H and O–H groups in total. The van der Waals surface area contributed by atoms with Crippen LogP contribution in [0.5, 0.6) is 0 Å². The van der Waals surface area contributed by atoms with Crippen LogP contribution in [0, 0.1) is 0 Å². The van der Waals surface area contributed by atoms with Crippen molar-refractivity contribution in [1.82, 2.24) is 0 Å². The smallest absolute Gasteiger partial charge is 0.147 e. The number of methoxy groups -OCH3 is 1. The van der Waals surface area contributed by atoms with Crippen molar-refractivity contribution >= 4 is 9.84 Å². The topological polar surface area (TPSA) is 63.6 Å². The largest absolute Gasteiger partial charge is 0.387 e. The van der Waals surface area contributed by atoms with Crippen LogP contribution in [0.3, 0.4) is 0 Å². The predicted molar refractivity (Wildman–Crippen MR) is 56.1 cm³/mol. The molecule has 1 unspecified atom stereocenters. The molecule has 0 spiro atoms. The van der Waals surface area contributed by atoms with Crippen molar-refractivity contribution in [2.45, 2.75) is 31.8 Å². The number of ether oxygens (including phenoxy) is 1. The van der Waals surface area contributed by atoms with Gasteiger partial charge in [-0.15, -0.1) is 0 Å². The number of aliphatic hydroxyl groups is 1. The first kappa shape index (κ1) is 13.9. The standard InChI is InChI=1S/C9H20O4S/c1-4-9(10,8-13-2)6-5-7-14(3,11)12/h10H,4-8H2,1-3H3. The molecule has 0 bridgehead atoms. The maximum absolute atomic E-state index is 10.9. The van der Waals surface area contributed by atoms with Gasteiger partial charge in [0, 0.05) is 19.1 Å². The van der Waals surface area contributed by atoms with Crippen LogP contribution in [0.4, 0.5) is 0 Å². The molecule has 86 valence electrons. The van der Waals surface area contributed by atoms with Crippen LogP contribution in [0.15, 0.2) is 0 Å². The van der Waals surface area contributed by atoms with Crippen LogP contribution in [-0.4, -0.2) is 44.9 Å². The predicted octanol–water partition coefficient (Wildman–Crippen LogP) is 0.599.